The molecular formula is C6H14ClNOS. The Morgan fingerprint density at radius 1 is 1.70 bits per heavy atom. The molecule has 0 heterocycles. The third kappa shape index (κ3) is 6.39. The summed E-state index contributed by atoms with van der Waals surface area (Å²) in [5.41, 5.74) is 5.44. The highest BCUT2D eigenvalue weighted by atomic mass is 35.5. The van der Waals surface area contributed by atoms with E-state index in [0.29, 0.717) is 0 Å². The first kappa shape index (κ1) is 12.9. The fourth-order valence-corrected chi connectivity index (χ4v) is 0.938. The van der Waals surface area contributed by atoms with Gasteiger partial charge >= 0.3 is 0 Å². The second kappa shape index (κ2) is 7.38. The van der Waals surface area contributed by atoms with Gasteiger partial charge in [0.05, 0.1) is 6.04 Å². The number of halogens is 1. The molecule has 0 aromatic rings. The summed E-state index contributed by atoms with van der Waals surface area (Å²) in [5, 5.41) is 0. The largest absolute Gasteiger partial charge is 0.321 e. The molecule has 0 aromatic carbocycles. The van der Waals surface area contributed by atoms with Gasteiger partial charge in [0.15, 0.2) is 0 Å². The Bertz CT molecular complexity index is 99.7. The third-order valence-electron chi connectivity index (χ3n) is 1.16. The molecule has 0 saturated carbocycles. The van der Waals surface area contributed by atoms with Gasteiger partial charge in [0.2, 0.25) is 0 Å². The lowest BCUT2D eigenvalue weighted by molar-refractivity contribution is -0.118. The van der Waals surface area contributed by atoms with Crippen LogP contribution in [0.3, 0.4) is 0 Å². The van der Waals surface area contributed by atoms with Crippen molar-refractivity contribution in [3.05, 3.63) is 0 Å². The van der Waals surface area contributed by atoms with Crippen molar-refractivity contribution >= 4 is 30.0 Å². The predicted octanol–water partition coefficient (Wildman–Crippen LogP) is 1.08. The molecule has 0 fully saturated rings. The summed E-state index contributed by atoms with van der Waals surface area (Å²) in [6, 6.07) is -0.238. The Morgan fingerprint density at radius 2 is 2.20 bits per heavy atom. The zero-order chi connectivity index (χ0) is 7.28. The minimum atomic E-state index is -0.238. The van der Waals surface area contributed by atoms with Crippen molar-refractivity contribution < 1.29 is 4.79 Å². The summed E-state index contributed by atoms with van der Waals surface area (Å²) < 4.78 is 0. The van der Waals surface area contributed by atoms with E-state index >= 15 is 0 Å². The van der Waals surface area contributed by atoms with Crippen LogP contribution in [0, 0.1) is 0 Å². The van der Waals surface area contributed by atoms with E-state index < -0.39 is 0 Å². The molecule has 0 radical (unpaired) electrons. The molecule has 0 bridgehead atoms. The summed E-state index contributed by atoms with van der Waals surface area (Å²) in [4.78, 5) is 10.5. The van der Waals surface area contributed by atoms with Gasteiger partial charge in [-0.05, 0) is 25.4 Å². The topological polar surface area (TPSA) is 43.1 Å². The van der Waals surface area contributed by atoms with Crippen LogP contribution in [-0.2, 0) is 4.79 Å². The lowest BCUT2D eigenvalue weighted by atomic mass is 10.2. The summed E-state index contributed by atoms with van der Waals surface area (Å²) in [6.07, 6.45) is 2.81. The second-order valence-corrected chi connectivity index (χ2v) is 2.98. The molecule has 0 saturated heterocycles. The lowest BCUT2D eigenvalue weighted by Crippen LogP contribution is -2.28. The Morgan fingerprint density at radius 3 is 2.50 bits per heavy atom. The van der Waals surface area contributed by atoms with Gasteiger partial charge in [0, 0.05) is 0 Å². The van der Waals surface area contributed by atoms with Gasteiger partial charge in [-0.25, -0.2) is 0 Å². The number of rotatable bonds is 4. The van der Waals surface area contributed by atoms with Crippen LogP contribution in [-0.4, -0.2) is 23.8 Å². The van der Waals surface area contributed by atoms with Crippen LogP contribution >= 0.6 is 24.2 Å². The number of ketones is 1. The highest BCUT2D eigenvalue weighted by Crippen LogP contribution is 1.98. The molecule has 0 aliphatic heterocycles. The third-order valence-corrected chi connectivity index (χ3v) is 1.80. The van der Waals surface area contributed by atoms with E-state index in [2.05, 4.69) is 0 Å². The van der Waals surface area contributed by atoms with Crippen LogP contribution in [0.2, 0.25) is 0 Å². The van der Waals surface area contributed by atoms with E-state index in [-0.39, 0.29) is 24.2 Å². The number of hydrogen-bond acceptors (Lipinski definition) is 3. The quantitative estimate of drug-likeness (QED) is 0.710. The van der Waals surface area contributed by atoms with E-state index in [1.54, 1.807) is 11.8 Å². The molecule has 4 heteroatoms. The number of thioether (sulfide) groups is 1. The van der Waals surface area contributed by atoms with Crippen LogP contribution in [0.5, 0.6) is 0 Å². The van der Waals surface area contributed by atoms with Gasteiger partial charge in [-0.15, -0.1) is 12.4 Å². The van der Waals surface area contributed by atoms with Crippen molar-refractivity contribution in [2.24, 2.45) is 5.73 Å². The molecule has 0 aliphatic rings. The van der Waals surface area contributed by atoms with E-state index in [1.165, 1.54) is 6.92 Å². The zero-order valence-electron chi connectivity index (χ0n) is 6.29. The average molecular weight is 184 g/mol. The van der Waals surface area contributed by atoms with Gasteiger partial charge in [-0.3, -0.25) is 4.79 Å². The van der Waals surface area contributed by atoms with Crippen molar-refractivity contribution in [1.82, 2.24) is 0 Å². The monoisotopic (exact) mass is 183 g/mol. The minimum absolute atomic E-state index is 0. The fraction of sp³-hybridized carbons (Fsp3) is 0.833. The summed E-state index contributed by atoms with van der Waals surface area (Å²) in [6.45, 7) is 1.53. The number of carbonyl (C=O) groups excluding carboxylic acids is 1. The molecule has 2 N–H and O–H groups in total. The van der Waals surface area contributed by atoms with Gasteiger partial charge < -0.3 is 5.73 Å². The van der Waals surface area contributed by atoms with Crippen molar-refractivity contribution in [2.45, 2.75) is 19.4 Å². The molecule has 0 spiro atoms. The van der Waals surface area contributed by atoms with Crippen LogP contribution in [0.1, 0.15) is 13.3 Å². The minimum Gasteiger partial charge on any atom is -0.321 e. The first-order chi connectivity index (χ1) is 4.18. The first-order valence-electron chi connectivity index (χ1n) is 2.93. The summed E-state index contributed by atoms with van der Waals surface area (Å²) in [5.74, 6) is 1.06. The van der Waals surface area contributed by atoms with E-state index in [4.69, 9.17) is 5.73 Å². The first-order valence-corrected chi connectivity index (χ1v) is 4.33. The Balaban J connectivity index is 0. The number of nitrogens with two attached hydrogens (primary N) is 1. The molecule has 0 unspecified atom stereocenters. The number of Topliss-reactive ketones (excluding diaryl/α,β-unsaturated/α-hetero) is 1. The average Bonchev–Trinajstić information content (AvgIpc) is 1.82. The highest BCUT2D eigenvalue weighted by Gasteiger charge is 2.05. The number of carbonyl (C=O) groups is 1. The smallest absolute Gasteiger partial charge is 0.146 e. The van der Waals surface area contributed by atoms with Gasteiger partial charge in [0.25, 0.3) is 0 Å². The van der Waals surface area contributed by atoms with Crippen LogP contribution < -0.4 is 5.73 Å². The lowest BCUT2D eigenvalue weighted by Gasteiger charge is -2.03. The highest BCUT2D eigenvalue weighted by molar-refractivity contribution is 7.98. The maximum absolute atomic E-state index is 10.5. The summed E-state index contributed by atoms with van der Waals surface area (Å²) >= 11 is 1.72. The molecule has 62 valence electrons. The molecule has 2 nitrogen and oxygen atoms in total. The van der Waals surface area contributed by atoms with Gasteiger partial charge in [-0.2, -0.15) is 11.8 Å². The molecule has 0 aliphatic carbocycles. The van der Waals surface area contributed by atoms with Crippen molar-refractivity contribution in [1.29, 1.82) is 0 Å². The maximum atomic E-state index is 10.5. The normalized spacial score (nSPS) is 11.9. The second-order valence-electron chi connectivity index (χ2n) is 2.00. The van der Waals surface area contributed by atoms with Crippen LogP contribution in [0.25, 0.3) is 0 Å². The molecule has 1 atom stereocenters. The standard InChI is InChI=1S/C6H13NOS.ClH/c1-5(8)6(7)3-4-9-2;/h6H,3-4,7H2,1-2H3;1H/t6-;/m0./s1. The van der Waals surface area contributed by atoms with Crippen molar-refractivity contribution in [2.75, 3.05) is 12.0 Å². The molecule has 0 amide bonds. The Kier molecular flexibility index (Phi) is 9.52. The van der Waals surface area contributed by atoms with E-state index in [0.717, 1.165) is 12.2 Å². The van der Waals surface area contributed by atoms with Crippen LogP contribution in [0.4, 0.5) is 0 Å². The van der Waals surface area contributed by atoms with E-state index in [9.17, 15) is 4.79 Å². The maximum Gasteiger partial charge on any atom is 0.146 e. The fourth-order valence-electron chi connectivity index (χ4n) is 0.448. The van der Waals surface area contributed by atoms with Crippen LogP contribution in [0.15, 0.2) is 0 Å². The molecule has 0 aromatic heterocycles. The van der Waals surface area contributed by atoms with Crippen molar-refractivity contribution in [3.63, 3.8) is 0 Å². The van der Waals surface area contributed by atoms with Gasteiger partial charge in [0.1, 0.15) is 5.78 Å². The summed E-state index contributed by atoms with van der Waals surface area (Å²) in [7, 11) is 0. The van der Waals surface area contributed by atoms with Gasteiger partial charge in [-0.1, -0.05) is 0 Å². The molecule has 10 heavy (non-hydrogen) atoms. The Labute approximate surface area is 72.3 Å². The predicted molar refractivity (Wildman–Crippen MR) is 48.9 cm³/mol. The zero-order valence-corrected chi connectivity index (χ0v) is 7.93. The van der Waals surface area contributed by atoms with E-state index in [1.807, 2.05) is 6.26 Å². The molecule has 0 rings (SSSR count). The SMILES string of the molecule is CSCC[C@H](N)C(C)=O.Cl. The molecular weight excluding hydrogens is 170 g/mol. The number of hydrogen-bond donors (Lipinski definition) is 1. The Hall–Kier alpha value is 0.270. The van der Waals surface area contributed by atoms with Crippen molar-refractivity contribution in [3.8, 4) is 0 Å².